The molecular weight excluding hydrogens is 340 g/mol. The van der Waals surface area contributed by atoms with E-state index in [1.165, 1.54) is 0 Å². The number of amides is 1. The topological polar surface area (TPSA) is 103 Å². The summed E-state index contributed by atoms with van der Waals surface area (Å²) in [6.45, 7) is 4.00. The molecule has 0 spiro atoms. The molecule has 0 unspecified atom stereocenters. The minimum Gasteiger partial charge on any atom is -0.343 e. The van der Waals surface area contributed by atoms with Crippen molar-refractivity contribution in [1.29, 1.82) is 0 Å². The van der Waals surface area contributed by atoms with Crippen molar-refractivity contribution < 1.29 is 4.79 Å². The van der Waals surface area contributed by atoms with Crippen LogP contribution in [0.1, 0.15) is 27.7 Å². The van der Waals surface area contributed by atoms with Gasteiger partial charge in [0, 0.05) is 16.8 Å². The van der Waals surface area contributed by atoms with Gasteiger partial charge in [0.05, 0.1) is 18.4 Å². The Morgan fingerprint density at radius 2 is 2.20 bits per heavy atom. The maximum Gasteiger partial charge on any atom is 0.291 e. The molecule has 1 N–H and O–H groups in total. The van der Waals surface area contributed by atoms with Crippen molar-refractivity contribution in [3.05, 3.63) is 52.0 Å². The van der Waals surface area contributed by atoms with Crippen molar-refractivity contribution in [2.24, 2.45) is 0 Å². The second-order valence-electron chi connectivity index (χ2n) is 5.50. The van der Waals surface area contributed by atoms with Gasteiger partial charge in [0.2, 0.25) is 5.82 Å². The van der Waals surface area contributed by atoms with Crippen molar-refractivity contribution in [1.82, 2.24) is 39.9 Å². The van der Waals surface area contributed by atoms with Crippen LogP contribution in [0.15, 0.2) is 29.1 Å². The summed E-state index contributed by atoms with van der Waals surface area (Å²) in [5, 5.41) is 19.0. The van der Waals surface area contributed by atoms with Gasteiger partial charge in [0.15, 0.2) is 0 Å². The molecule has 4 aromatic rings. The van der Waals surface area contributed by atoms with Gasteiger partial charge in [-0.2, -0.15) is 16.3 Å². The molecule has 25 heavy (non-hydrogen) atoms. The van der Waals surface area contributed by atoms with Gasteiger partial charge in [0.25, 0.3) is 11.7 Å². The normalized spacial score (nSPS) is 11.1. The van der Waals surface area contributed by atoms with Gasteiger partial charge in [-0.15, -0.1) is 10.2 Å². The number of nitrogens with one attached hydrogen (secondary N) is 1. The first kappa shape index (κ1) is 15.4. The lowest BCUT2D eigenvalue weighted by molar-refractivity contribution is 0.0940. The number of hydrogen-bond donors (Lipinski definition) is 1. The van der Waals surface area contributed by atoms with E-state index in [0.717, 1.165) is 17.1 Å². The van der Waals surface area contributed by atoms with E-state index in [1.807, 2.05) is 36.7 Å². The Hall–Kier alpha value is -3.14. The fourth-order valence-electron chi connectivity index (χ4n) is 2.41. The standard InChI is InChI=1S/C15H14N8OS/c1-9-5-10(2)23-15(17-9)18-13(20-23)14(24)16-6-11-7-22(21-19-11)12-3-4-25-8-12/h3-5,7-8H,6H2,1-2H3,(H,16,24). The Morgan fingerprint density at radius 3 is 3.00 bits per heavy atom. The van der Waals surface area contributed by atoms with E-state index in [9.17, 15) is 4.79 Å². The SMILES string of the molecule is Cc1cc(C)n2nc(C(=O)NCc3cn(-c4ccsc4)nn3)nc2n1. The minimum atomic E-state index is -0.382. The highest BCUT2D eigenvalue weighted by molar-refractivity contribution is 7.08. The number of rotatable bonds is 4. The molecule has 1 amide bonds. The molecule has 0 atom stereocenters. The van der Waals surface area contributed by atoms with Crippen LogP contribution >= 0.6 is 11.3 Å². The van der Waals surface area contributed by atoms with E-state index < -0.39 is 0 Å². The highest BCUT2D eigenvalue weighted by atomic mass is 32.1. The molecule has 10 heteroatoms. The average Bonchev–Trinajstić information content (AvgIpc) is 3.31. The van der Waals surface area contributed by atoms with Crippen LogP contribution in [0.3, 0.4) is 0 Å². The lowest BCUT2D eigenvalue weighted by atomic mass is 10.4. The third-order valence-corrected chi connectivity index (χ3v) is 4.23. The summed E-state index contributed by atoms with van der Waals surface area (Å²) in [6.07, 6.45) is 1.77. The van der Waals surface area contributed by atoms with E-state index in [-0.39, 0.29) is 18.3 Å². The van der Waals surface area contributed by atoms with Gasteiger partial charge in [-0.3, -0.25) is 4.79 Å². The van der Waals surface area contributed by atoms with Crippen LogP contribution in [-0.2, 0) is 6.54 Å². The van der Waals surface area contributed by atoms with Gasteiger partial charge in [-0.1, -0.05) is 5.21 Å². The summed E-state index contributed by atoms with van der Waals surface area (Å²) in [4.78, 5) is 20.7. The van der Waals surface area contributed by atoms with Crippen molar-refractivity contribution in [2.45, 2.75) is 20.4 Å². The van der Waals surface area contributed by atoms with Crippen LogP contribution in [0.5, 0.6) is 0 Å². The first-order valence-corrected chi connectivity index (χ1v) is 8.47. The number of hydrogen-bond acceptors (Lipinski definition) is 7. The Kier molecular flexibility index (Phi) is 3.73. The number of thiophene rings is 1. The van der Waals surface area contributed by atoms with Gasteiger partial charge in [-0.05, 0) is 31.4 Å². The monoisotopic (exact) mass is 354 g/mol. The molecule has 4 rings (SSSR count). The molecule has 0 aliphatic heterocycles. The maximum atomic E-state index is 12.3. The average molecular weight is 354 g/mol. The zero-order chi connectivity index (χ0) is 17.4. The van der Waals surface area contributed by atoms with E-state index in [0.29, 0.717) is 11.5 Å². The zero-order valence-corrected chi connectivity index (χ0v) is 14.4. The number of aromatic nitrogens is 7. The molecule has 126 valence electrons. The predicted molar refractivity (Wildman–Crippen MR) is 90.7 cm³/mol. The fraction of sp³-hybridized carbons (Fsp3) is 0.200. The summed E-state index contributed by atoms with van der Waals surface area (Å²) in [5.74, 6) is 0.102. The van der Waals surface area contributed by atoms with Crippen LogP contribution in [-0.4, -0.2) is 40.5 Å². The maximum absolute atomic E-state index is 12.3. The molecule has 4 heterocycles. The number of carbonyl (C=O) groups is 1. The second-order valence-corrected chi connectivity index (χ2v) is 6.28. The Morgan fingerprint density at radius 1 is 1.32 bits per heavy atom. The quantitative estimate of drug-likeness (QED) is 0.593. The molecule has 0 aliphatic rings. The van der Waals surface area contributed by atoms with Crippen molar-refractivity contribution in [2.75, 3.05) is 0 Å². The highest BCUT2D eigenvalue weighted by Gasteiger charge is 2.15. The Labute approximate surface area is 146 Å². The van der Waals surface area contributed by atoms with Crippen molar-refractivity contribution in [3.63, 3.8) is 0 Å². The lowest BCUT2D eigenvalue weighted by Crippen LogP contribution is -2.24. The summed E-state index contributed by atoms with van der Waals surface area (Å²) in [7, 11) is 0. The molecule has 0 aromatic carbocycles. The van der Waals surface area contributed by atoms with Gasteiger partial charge in [-0.25, -0.2) is 14.2 Å². The Bertz CT molecular complexity index is 1050. The largest absolute Gasteiger partial charge is 0.343 e. The first-order chi connectivity index (χ1) is 12.1. The molecule has 0 bridgehead atoms. The summed E-state index contributed by atoms with van der Waals surface area (Å²) in [5.41, 5.74) is 3.28. The number of carbonyl (C=O) groups excluding carboxylic acids is 1. The first-order valence-electron chi connectivity index (χ1n) is 7.53. The van der Waals surface area contributed by atoms with Crippen LogP contribution in [0.4, 0.5) is 0 Å². The van der Waals surface area contributed by atoms with Crippen molar-refractivity contribution in [3.8, 4) is 5.69 Å². The van der Waals surface area contributed by atoms with Crippen LogP contribution in [0, 0.1) is 13.8 Å². The number of aryl methyl sites for hydroxylation is 2. The molecule has 0 aliphatic carbocycles. The van der Waals surface area contributed by atoms with E-state index in [2.05, 4.69) is 30.7 Å². The summed E-state index contributed by atoms with van der Waals surface area (Å²) < 4.78 is 3.21. The third kappa shape index (κ3) is 2.98. The summed E-state index contributed by atoms with van der Waals surface area (Å²) in [6, 6.07) is 3.83. The molecule has 9 nitrogen and oxygen atoms in total. The number of nitrogens with zero attached hydrogens (tertiary/aromatic N) is 7. The van der Waals surface area contributed by atoms with Crippen LogP contribution < -0.4 is 5.32 Å². The van der Waals surface area contributed by atoms with Gasteiger partial charge < -0.3 is 5.32 Å². The number of fused-ring (bicyclic) bond motifs is 1. The van der Waals surface area contributed by atoms with Crippen LogP contribution in [0.25, 0.3) is 11.5 Å². The predicted octanol–water partition coefficient (Wildman–Crippen LogP) is 1.31. The van der Waals surface area contributed by atoms with Gasteiger partial charge in [0.1, 0.15) is 5.69 Å². The van der Waals surface area contributed by atoms with Crippen molar-refractivity contribution >= 4 is 23.0 Å². The zero-order valence-electron chi connectivity index (χ0n) is 13.5. The molecule has 0 radical (unpaired) electrons. The van der Waals surface area contributed by atoms with E-state index in [1.54, 1.807) is 26.7 Å². The highest BCUT2D eigenvalue weighted by Crippen LogP contribution is 2.11. The summed E-state index contributed by atoms with van der Waals surface area (Å²) >= 11 is 1.58. The second kappa shape index (κ2) is 6.06. The third-order valence-electron chi connectivity index (χ3n) is 3.56. The molecule has 0 fully saturated rings. The lowest BCUT2D eigenvalue weighted by Gasteiger charge is -1.98. The minimum absolute atomic E-state index is 0.0754. The molecule has 4 aromatic heterocycles. The molecular formula is C15H14N8OS. The molecule has 0 saturated heterocycles. The van der Waals surface area contributed by atoms with E-state index >= 15 is 0 Å². The Balaban J connectivity index is 1.48. The smallest absolute Gasteiger partial charge is 0.291 e. The van der Waals surface area contributed by atoms with Gasteiger partial charge >= 0.3 is 0 Å². The van der Waals surface area contributed by atoms with Crippen LogP contribution in [0.2, 0.25) is 0 Å². The fourth-order valence-corrected chi connectivity index (χ4v) is 3.03. The molecule has 0 saturated carbocycles. The van der Waals surface area contributed by atoms with E-state index in [4.69, 9.17) is 0 Å².